The van der Waals surface area contributed by atoms with Gasteiger partial charge in [-0.3, -0.25) is 4.79 Å². The van der Waals surface area contributed by atoms with Crippen molar-refractivity contribution in [1.82, 2.24) is 9.80 Å². The minimum Gasteiger partial charge on any atom is -0.447 e. The Kier molecular flexibility index (Phi) is 17.5. The third-order valence-corrected chi connectivity index (χ3v) is 7.48. The predicted molar refractivity (Wildman–Crippen MR) is 159 cm³/mol. The molecule has 38 heavy (non-hydrogen) atoms. The molecule has 8 heteroatoms. The summed E-state index contributed by atoms with van der Waals surface area (Å²) < 4.78 is 24.8. The van der Waals surface area contributed by atoms with Gasteiger partial charge in [0.05, 0.1) is 18.2 Å². The van der Waals surface area contributed by atoms with Gasteiger partial charge in [-0.1, -0.05) is 67.2 Å². The van der Waals surface area contributed by atoms with Crippen LogP contribution in [0.5, 0.6) is 0 Å². The number of fused-ring (bicyclic) bond motifs is 1. The number of hydrogen-bond donors (Lipinski definition) is 0. The summed E-state index contributed by atoms with van der Waals surface area (Å²) >= 11 is 0. The number of rotatable bonds is 6. The highest BCUT2D eigenvalue weighted by Crippen LogP contribution is 2.42. The Labute approximate surface area is 235 Å². The summed E-state index contributed by atoms with van der Waals surface area (Å²) in [5.74, 6) is 1.91. The van der Waals surface area contributed by atoms with Crippen molar-refractivity contribution in [3.63, 3.8) is 0 Å². The first kappa shape index (κ1) is 36.7. The van der Waals surface area contributed by atoms with E-state index < -0.39 is 9.84 Å². The Balaban J connectivity index is 0.00000106. The molecule has 1 aliphatic heterocycles. The van der Waals surface area contributed by atoms with Gasteiger partial charge in [0.2, 0.25) is 5.91 Å². The molecule has 3 rings (SSSR count). The Morgan fingerprint density at radius 2 is 1.39 bits per heavy atom. The fraction of sp³-hybridized carbons (Fsp3) is 0.933. The van der Waals surface area contributed by atoms with E-state index in [4.69, 9.17) is 4.74 Å². The van der Waals surface area contributed by atoms with Crippen LogP contribution in [0.1, 0.15) is 120 Å². The molecular formula is C30H60N2O5S. The number of hydrogen-bond acceptors (Lipinski definition) is 5. The average molecular weight is 561 g/mol. The van der Waals surface area contributed by atoms with Gasteiger partial charge in [0.25, 0.3) is 0 Å². The summed E-state index contributed by atoms with van der Waals surface area (Å²) in [4.78, 5) is 30.0. The quantitative estimate of drug-likeness (QED) is 0.351. The summed E-state index contributed by atoms with van der Waals surface area (Å²) in [6.45, 7) is 19.4. The lowest BCUT2D eigenvalue weighted by molar-refractivity contribution is -0.146. The van der Waals surface area contributed by atoms with Crippen LogP contribution in [0.15, 0.2) is 0 Å². The molecule has 2 saturated carbocycles. The monoisotopic (exact) mass is 560 g/mol. The molecule has 3 unspecified atom stereocenters. The number of carbonyl (C=O) groups excluding carboxylic acids is 2. The number of nitrogens with zero attached hydrogens (tertiary/aromatic N) is 2. The third-order valence-electron chi connectivity index (χ3n) is 7.48. The smallest absolute Gasteiger partial charge is 0.410 e. The first-order valence-electron chi connectivity index (χ1n) is 15.2. The molecule has 0 aromatic rings. The van der Waals surface area contributed by atoms with Gasteiger partial charge in [0.1, 0.15) is 9.84 Å². The van der Waals surface area contributed by atoms with E-state index in [1.165, 1.54) is 32.1 Å². The van der Waals surface area contributed by atoms with Crippen molar-refractivity contribution in [2.24, 2.45) is 17.8 Å². The van der Waals surface area contributed by atoms with Gasteiger partial charge in [0.15, 0.2) is 0 Å². The van der Waals surface area contributed by atoms with Gasteiger partial charge in [-0.2, -0.15) is 0 Å². The maximum atomic E-state index is 13.0. The molecule has 3 fully saturated rings. The van der Waals surface area contributed by atoms with E-state index in [2.05, 4.69) is 39.5 Å². The Hall–Kier alpha value is -1.31. The summed E-state index contributed by atoms with van der Waals surface area (Å²) in [7, 11) is -2.67. The largest absolute Gasteiger partial charge is 0.447 e. The van der Waals surface area contributed by atoms with Crippen LogP contribution in [0.4, 0.5) is 4.79 Å². The molecule has 2 aliphatic carbocycles. The highest BCUT2D eigenvalue weighted by molar-refractivity contribution is 7.89. The number of piperazine rings is 1. The lowest BCUT2D eigenvalue weighted by atomic mass is 9.72. The van der Waals surface area contributed by atoms with Crippen LogP contribution in [0, 0.1) is 17.8 Å². The second-order valence-electron chi connectivity index (χ2n) is 11.4. The van der Waals surface area contributed by atoms with Gasteiger partial charge in [-0.15, -0.1) is 0 Å². The van der Waals surface area contributed by atoms with E-state index in [0.717, 1.165) is 38.2 Å². The van der Waals surface area contributed by atoms with E-state index in [-0.39, 0.29) is 36.2 Å². The molecule has 0 aromatic heterocycles. The van der Waals surface area contributed by atoms with Crippen molar-refractivity contribution in [3.8, 4) is 0 Å². The van der Waals surface area contributed by atoms with Crippen LogP contribution in [-0.4, -0.2) is 73.5 Å². The number of amides is 2. The van der Waals surface area contributed by atoms with Crippen LogP contribution in [0.25, 0.3) is 0 Å². The van der Waals surface area contributed by atoms with Crippen molar-refractivity contribution >= 4 is 21.8 Å². The third kappa shape index (κ3) is 12.7. The molecule has 2 amide bonds. The van der Waals surface area contributed by atoms with Crippen molar-refractivity contribution < 1.29 is 22.7 Å². The molecule has 0 spiro atoms. The average Bonchev–Trinajstić information content (AvgIpc) is 3.69. The maximum absolute atomic E-state index is 13.0. The van der Waals surface area contributed by atoms with E-state index in [1.807, 2.05) is 32.6 Å². The Bertz CT molecular complexity index is 768. The standard InChI is InChI=1S/C22H38N2O3.C4H10.C2H6O2S.C2H6/c1-6-16(7-2)18-10-11-19-20(12-18)23(22(26)27-14(3)4)13-15(5)24(19)21(25)17-8-9-17;1-3-4-2;1-5(2,3)4;1-2/h14-20H,6-13H2,1-5H3;3-4H2,1-2H3;1-2H3;1-2H3/t15-,18?,19?,20?;;;/m0.../s1. The predicted octanol–water partition coefficient (Wildman–Crippen LogP) is 6.94. The van der Waals surface area contributed by atoms with Crippen molar-refractivity contribution in [2.45, 2.75) is 144 Å². The number of carbonyl (C=O) groups is 2. The van der Waals surface area contributed by atoms with Crippen LogP contribution in [0.2, 0.25) is 0 Å². The number of sulfone groups is 1. The van der Waals surface area contributed by atoms with Crippen molar-refractivity contribution in [3.05, 3.63) is 0 Å². The molecule has 3 aliphatic rings. The van der Waals surface area contributed by atoms with E-state index >= 15 is 0 Å². The SMILES string of the molecule is CC.CCC(CC)C1CCC2C(C1)N(C(=O)OC(C)C)C[C@H](C)N2C(=O)C1CC1.CCCC.CS(C)(=O)=O. The topological polar surface area (TPSA) is 84.0 Å². The van der Waals surface area contributed by atoms with Gasteiger partial charge >= 0.3 is 6.09 Å². The Morgan fingerprint density at radius 3 is 1.79 bits per heavy atom. The Morgan fingerprint density at radius 1 is 0.895 bits per heavy atom. The van der Waals surface area contributed by atoms with Gasteiger partial charge < -0.3 is 14.5 Å². The zero-order valence-corrected chi connectivity index (χ0v) is 27.3. The summed E-state index contributed by atoms with van der Waals surface area (Å²) in [6, 6.07) is 0.338. The first-order chi connectivity index (χ1) is 17.8. The fourth-order valence-corrected chi connectivity index (χ4v) is 5.44. The van der Waals surface area contributed by atoms with E-state index in [0.29, 0.717) is 24.3 Å². The highest BCUT2D eigenvalue weighted by atomic mass is 32.2. The van der Waals surface area contributed by atoms with Gasteiger partial charge in [-0.25, -0.2) is 13.2 Å². The summed E-state index contributed by atoms with van der Waals surface area (Å²) in [5, 5.41) is 0. The molecule has 0 radical (unpaired) electrons. The second-order valence-corrected chi connectivity index (χ2v) is 13.7. The molecule has 1 saturated heterocycles. The molecule has 4 atom stereocenters. The van der Waals surface area contributed by atoms with Crippen molar-refractivity contribution in [2.75, 3.05) is 19.1 Å². The first-order valence-corrected chi connectivity index (χ1v) is 17.5. The summed E-state index contributed by atoms with van der Waals surface area (Å²) in [5.41, 5.74) is 0. The number of unbranched alkanes of at least 4 members (excludes halogenated alkanes) is 1. The fourth-order valence-electron chi connectivity index (χ4n) is 5.44. The minimum atomic E-state index is -2.67. The van der Waals surface area contributed by atoms with Gasteiger partial charge in [0, 0.05) is 31.0 Å². The van der Waals surface area contributed by atoms with Crippen LogP contribution >= 0.6 is 0 Å². The van der Waals surface area contributed by atoms with E-state index in [9.17, 15) is 18.0 Å². The lowest BCUT2D eigenvalue weighted by Crippen LogP contribution is -2.67. The molecule has 1 heterocycles. The molecular weight excluding hydrogens is 500 g/mol. The van der Waals surface area contributed by atoms with Crippen LogP contribution in [-0.2, 0) is 19.4 Å². The lowest BCUT2D eigenvalue weighted by Gasteiger charge is -2.54. The van der Waals surface area contributed by atoms with Crippen molar-refractivity contribution in [1.29, 1.82) is 0 Å². The molecule has 0 bridgehead atoms. The van der Waals surface area contributed by atoms with Gasteiger partial charge in [-0.05, 0) is 64.7 Å². The minimum absolute atomic E-state index is 0.0729. The zero-order valence-electron chi connectivity index (χ0n) is 26.5. The normalized spacial score (nSPS) is 24.7. The zero-order chi connectivity index (χ0) is 29.6. The maximum Gasteiger partial charge on any atom is 0.410 e. The molecule has 0 N–H and O–H groups in total. The highest BCUT2D eigenvalue weighted by Gasteiger charge is 2.50. The second kappa shape index (κ2) is 18.1. The molecule has 7 nitrogen and oxygen atoms in total. The number of ether oxygens (including phenoxy) is 1. The summed E-state index contributed by atoms with van der Waals surface area (Å²) in [6.07, 6.45) is 12.3. The van der Waals surface area contributed by atoms with Crippen LogP contribution < -0.4 is 0 Å². The molecule has 0 aromatic carbocycles. The molecule has 226 valence electrons. The van der Waals surface area contributed by atoms with E-state index in [1.54, 1.807) is 0 Å². The van der Waals surface area contributed by atoms with Crippen LogP contribution in [0.3, 0.4) is 0 Å².